The van der Waals surface area contributed by atoms with E-state index in [0.29, 0.717) is 4.47 Å². The van der Waals surface area contributed by atoms with Crippen molar-refractivity contribution in [2.75, 3.05) is 33.0 Å². The highest BCUT2D eigenvalue weighted by molar-refractivity contribution is 9.10. The van der Waals surface area contributed by atoms with Crippen molar-refractivity contribution in [3.05, 3.63) is 38.3 Å². The molecule has 8 heteroatoms. The highest BCUT2D eigenvalue weighted by Crippen LogP contribution is 2.28. The zero-order valence-electron chi connectivity index (χ0n) is 10.7. The van der Waals surface area contributed by atoms with E-state index >= 15 is 0 Å². The Kier molecular flexibility index (Phi) is 7.63. The molecule has 20 heavy (non-hydrogen) atoms. The molecule has 1 aromatic rings. The number of rotatable bonds is 9. The number of nitro benzene ring substituents is 1. The van der Waals surface area contributed by atoms with Gasteiger partial charge in [-0.15, -0.1) is 0 Å². The number of ether oxygens (including phenoxy) is 2. The van der Waals surface area contributed by atoms with Crippen LogP contribution >= 0.6 is 15.9 Å². The molecule has 1 atom stereocenters. The molecule has 1 unspecified atom stereocenters. The van der Waals surface area contributed by atoms with Crippen LogP contribution in [-0.2, 0) is 9.47 Å². The quantitative estimate of drug-likeness (QED) is 0.397. The smallest absolute Gasteiger partial charge is 0.275 e. The third-order valence-electron chi connectivity index (χ3n) is 2.43. The monoisotopic (exact) mass is 349 g/mol. The van der Waals surface area contributed by atoms with Crippen molar-refractivity contribution in [3.63, 3.8) is 0 Å². The van der Waals surface area contributed by atoms with Gasteiger partial charge in [-0.25, -0.2) is 0 Å². The molecule has 0 spiro atoms. The van der Waals surface area contributed by atoms with E-state index in [-0.39, 0.29) is 44.3 Å². The number of halogens is 1. The fourth-order valence-corrected chi connectivity index (χ4v) is 1.91. The van der Waals surface area contributed by atoms with Crippen molar-refractivity contribution in [1.29, 1.82) is 0 Å². The number of benzene rings is 1. The second kappa shape index (κ2) is 8.98. The first kappa shape index (κ1) is 17.0. The van der Waals surface area contributed by atoms with Crippen LogP contribution in [0, 0.1) is 10.1 Å². The summed E-state index contributed by atoms with van der Waals surface area (Å²) in [6, 6.07) is 4.36. The SMILES string of the molecule is O=[N+]([O-])c1ccc(Br)cc1C(O)COCCOCCO. The lowest BCUT2D eigenvalue weighted by atomic mass is 10.1. The third-order valence-corrected chi connectivity index (χ3v) is 2.92. The molecule has 0 fully saturated rings. The zero-order chi connectivity index (χ0) is 15.0. The molecule has 112 valence electrons. The Bertz CT molecular complexity index is 442. The Labute approximate surface area is 124 Å². The molecule has 2 N–H and O–H groups in total. The number of hydrogen-bond acceptors (Lipinski definition) is 6. The number of hydrogen-bond donors (Lipinski definition) is 2. The molecule has 0 aliphatic heterocycles. The van der Waals surface area contributed by atoms with E-state index in [1.54, 1.807) is 0 Å². The first-order valence-corrected chi connectivity index (χ1v) is 6.73. The Morgan fingerprint density at radius 1 is 1.30 bits per heavy atom. The van der Waals surface area contributed by atoms with Crippen LogP contribution in [0.1, 0.15) is 11.7 Å². The number of aliphatic hydroxyl groups is 2. The molecule has 0 heterocycles. The van der Waals surface area contributed by atoms with Gasteiger partial charge in [-0.05, 0) is 12.1 Å². The minimum absolute atomic E-state index is 0.0626. The van der Waals surface area contributed by atoms with Gasteiger partial charge in [0.2, 0.25) is 0 Å². The summed E-state index contributed by atoms with van der Waals surface area (Å²) in [6.45, 7) is 0.613. The Morgan fingerprint density at radius 3 is 2.65 bits per heavy atom. The van der Waals surface area contributed by atoms with Crippen LogP contribution in [0.2, 0.25) is 0 Å². The summed E-state index contributed by atoms with van der Waals surface area (Å²) < 4.78 is 10.8. The average Bonchev–Trinajstić information content (AvgIpc) is 2.42. The first-order chi connectivity index (χ1) is 9.56. The molecule has 0 aliphatic rings. The van der Waals surface area contributed by atoms with Crippen LogP contribution in [0.15, 0.2) is 22.7 Å². The number of nitro groups is 1. The van der Waals surface area contributed by atoms with Crippen molar-refractivity contribution in [1.82, 2.24) is 0 Å². The molecule has 0 aromatic heterocycles. The maximum absolute atomic E-state index is 10.9. The maximum atomic E-state index is 10.9. The maximum Gasteiger partial charge on any atom is 0.275 e. The van der Waals surface area contributed by atoms with Gasteiger partial charge in [0.25, 0.3) is 5.69 Å². The van der Waals surface area contributed by atoms with Crippen molar-refractivity contribution < 1.29 is 24.6 Å². The standard InChI is InChI=1S/C12H16BrNO6/c13-9-1-2-11(14(17)18)10(7-9)12(16)8-20-6-5-19-4-3-15/h1-2,7,12,15-16H,3-6,8H2. The van der Waals surface area contributed by atoms with Crippen molar-refractivity contribution in [2.24, 2.45) is 0 Å². The van der Waals surface area contributed by atoms with Crippen molar-refractivity contribution in [3.8, 4) is 0 Å². The molecule has 0 bridgehead atoms. The van der Waals surface area contributed by atoms with Crippen molar-refractivity contribution >= 4 is 21.6 Å². The number of aliphatic hydroxyl groups excluding tert-OH is 2. The summed E-state index contributed by atoms with van der Waals surface area (Å²) in [7, 11) is 0. The Hall–Kier alpha value is -1.06. The van der Waals surface area contributed by atoms with Gasteiger partial charge in [0.05, 0.1) is 43.5 Å². The second-order valence-corrected chi connectivity index (χ2v) is 4.80. The number of nitrogens with zero attached hydrogens (tertiary/aromatic N) is 1. The molecule has 1 aromatic carbocycles. The summed E-state index contributed by atoms with van der Waals surface area (Å²) in [5.41, 5.74) is 0.0430. The lowest BCUT2D eigenvalue weighted by molar-refractivity contribution is -0.386. The third kappa shape index (κ3) is 5.51. The predicted molar refractivity (Wildman–Crippen MR) is 74.5 cm³/mol. The molecule has 0 aliphatic carbocycles. The molecule has 1 rings (SSSR count). The van der Waals surface area contributed by atoms with E-state index in [1.807, 2.05) is 0 Å². The second-order valence-electron chi connectivity index (χ2n) is 3.89. The zero-order valence-corrected chi connectivity index (χ0v) is 12.3. The fraction of sp³-hybridized carbons (Fsp3) is 0.500. The van der Waals surface area contributed by atoms with Crippen molar-refractivity contribution in [2.45, 2.75) is 6.10 Å². The summed E-state index contributed by atoms with van der Waals surface area (Å²) in [6.07, 6.45) is -1.09. The van der Waals surface area contributed by atoms with E-state index in [1.165, 1.54) is 18.2 Å². The molecule has 7 nitrogen and oxygen atoms in total. The highest BCUT2D eigenvalue weighted by atomic mass is 79.9. The molecule has 0 radical (unpaired) electrons. The van der Waals surface area contributed by atoms with Crippen LogP contribution in [-0.4, -0.2) is 48.2 Å². The molecule has 0 saturated heterocycles. The Morgan fingerprint density at radius 2 is 2.00 bits per heavy atom. The van der Waals surface area contributed by atoms with Gasteiger partial charge in [0.1, 0.15) is 6.10 Å². The van der Waals surface area contributed by atoms with Gasteiger partial charge in [-0.1, -0.05) is 15.9 Å². The minimum atomic E-state index is -1.09. The first-order valence-electron chi connectivity index (χ1n) is 5.94. The van der Waals surface area contributed by atoms with E-state index in [2.05, 4.69) is 15.9 Å². The van der Waals surface area contributed by atoms with Gasteiger partial charge < -0.3 is 19.7 Å². The fourth-order valence-electron chi connectivity index (χ4n) is 1.53. The molecular formula is C12H16BrNO6. The summed E-state index contributed by atoms with van der Waals surface area (Å²) >= 11 is 3.21. The van der Waals surface area contributed by atoms with Crippen LogP contribution < -0.4 is 0 Å². The minimum Gasteiger partial charge on any atom is -0.394 e. The molecule has 0 saturated carbocycles. The van der Waals surface area contributed by atoms with E-state index in [0.717, 1.165) is 0 Å². The van der Waals surface area contributed by atoms with Gasteiger partial charge in [0, 0.05) is 10.5 Å². The lowest BCUT2D eigenvalue weighted by Crippen LogP contribution is -2.13. The topological polar surface area (TPSA) is 102 Å². The predicted octanol–water partition coefficient (Wildman–Crippen LogP) is 1.42. The normalized spacial score (nSPS) is 12.3. The van der Waals surface area contributed by atoms with E-state index in [4.69, 9.17) is 14.6 Å². The van der Waals surface area contributed by atoms with Crippen LogP contribution in [0.25, 0.3) is 0 Å². The van der Waals surface area contributed by atoms with Gasteiger partial charge in [-0.3, -0.25) is 10.1 Å². The lowest BCUT2D eigenvalue weighted by Gasteiger charge is -2.12. The van der Waals surface area contributed by atoms with Gasteiger partial charge >= 0.3 is 0 Å². The molecule has 0 amide bonds. The highest BCUT2D eigenvalue weighted by Gasteiger charge is 2.20. The molecular weight excluding hydrogens is 334 g/mol. The Balaban J connectivity index is 2.52. The average molecular weight is 350 g/mol. The van der Waals surface area contributed by atoms with Crippen LogP contribution in [0.3, 0.4) is 0 Å². The van der Waals surface area contributed by atoms with Crippen LogP contribution in [0.4, 0.5) is 5.69 Å². The van der Waals surface area contributed by atoms with E-state index < -0.39 is 11.0 Å². The van der Waals surface area contributed by atoms with E-state index in [9.17, 15) is 15.2 Å². The van der Waals surface area contributed by atoms with Gasteiger partial charge in [0.15, 0.2) is 0 Å². The summed E-state index contributed by atoms with van der Waals surface area (Å²) in [5, 5.41) is 29.3. The van der Waals surface area contributed by atoms with Crippen LogP contribution in [0.5, 0.6) is 0 Å². The van der Waals surface area contributed by atoms with Gasteiger partial charge in [-0.2, -0.15) is 0 Å². The summed E-state index contributed by atoms with van der Waals surface area (Å²) in [5.74, 6) is 0. The largest absolute Gasteiger partial charge is 0.394 e. The summed E-state index contributed by atoms with van der Waals surface area (Å²) in [4.78, 5) is 10.3.